The van der Waals surface area contributed by atoms with E-state index in [-0.39, 0.29) is 5.91 Å². The van der Waals surface area contributed by atoms with Gasteiger partial charge in [-0.3, -0.25) is 4.79 Å². The molecular weight excluding hydrogens is 316 g/mol. The second-order valence-corrected chi connectivity index (χ2v) is 5.18. The molecule has 0 aliphatic rings. The number of methoxy groups -OCH3 is 2. The van der Waals surface area contributed by atoms with E-state index in [0.29, 0.717) is 27.6 Å². The van der Waals surface area contributed by atoms with Gasteiger partial charge in [-0.2, -0.15) is 5.10 Å². The summed E-state index contributed by atoms with van der Waals surface area (Å²) in [4.78, 5) is 12.0. The molecule has 2 aromatic carbocycles. The maximum Gasteiger partial charge on any atom is 0.271 e. The molecule has 0 heterocycles. The van der Waals surface area contributed by atoms with Crippen molar-refractivity contribution in [2.75, 3.05) is 14.2 Å². The number of rotatable bonds is 5. The van der Waals surface area contributed by atoms with E-state index >= 15 is 0 Å². The van der Waals surface area contributed by atoms with E-state index in [2.05, 4.69) is 10.5 Å². The van der Waals surface area contributed by atoms with E-state index in [1.807, 2.05) is 6.92 Å². The maximum atomic E-state index is 12.0. The fraction of sp³-hybridized carbons (Fsp3) is 0.176. The van der Waals surface area contributed by atoms with Crippen molar-refractivity contribution in [3.05, 3.63) is 58.1 Å². The molecule has 0 radical (unpaired) electrons. The van der Waals surface area contributed by atoms with E-state index in [1.165, 1.54) is 6.21 Å². The third-order valence-corrected chi connectivity index (χ3v) is 3.65. The van der Waals surface area contributed by atoms with Crippen molar-refractivity contribution < 1.29 is 14.3 Å². The summed E-state index contributed by atoms with van der Waals surface area (Å²) < 4.78 is 10.4. The lowest BCUT2D eigenvalue weighted by Crippen LogP contribution is -2.17. The van der Waals surface area contributed by atoms with E-state index in [0.717, 1.165) is 5.56 Å². The SMILES string of the molecule is COc1ccc(OC)c(/C=N\NC(=O)c2ccc(C)c(Cl)c2)c1. The number of carbonyl (C=O) groups is 1. The van der Waals surface area contributed by atoms with E-state index in [1.54, 1.807) is 50.6 Å². The lowest BCUT2D eigenvalue weighted by atomic mass is 10.1. The second kappa shape index (κ2) is 7.65. The van der Waals surface area contributed by atoms with Crippen LogP contribution in [0.25, 0.3) is 0 Å². The van der Waals surface area contributed by atoms with Gasteiger partial charge in [0.2, 0.25) is 0 Å². The first kappa shape index (κ1) is 16.8. The molecule has 0 saturated heterocycles. The first-order valence-corrected chi connectivity index (χ1v) is 7.24. The van der Waals surface area contributed by atoms with Crippen LogP contribution in [0.2, 0.25) is 5.02 Å². The summed E-state index contributed by atoms with van der Waals surface area (Å²) in [7, 11) is 3.14. The Balaban J connectivity index is 2.11. The van der Waals surface area contributed by atoms with Gasteiger partial charge in [-0.15, -0.1) is 0 Å². The van der Waals surface area contributed by atoms with Gasteiger partial charge in [-0.25, -0.2) is 5.43 Å². The van der Waals surface area contributed by atoms with Gasteiger partial charge < -0.3 is 9.47 Å². The number of nitrogens with one attached hydrogen (secondary N) is 1. The molecule has 0 spiro atoms. The number of amides is 1. The number of nitrogens with zero attached hydrogens (tertiary/aromatic N) is 1. The van der Waals surface area contributed by atoms with Crippen LogP contribution in [0.3, 0.4) is 0 Å². The van der Waals surface area contributed by atoms with Gasteiger partial charge in [-0.1, -0.05) is 17.7 Å². The fourth-order valence-electron chi connectivity index (χ4n) is 1.90. The predicted molar refractivity (Wildman–Crippen MR) is 90.8 cm³/mol. The van der Waals surface area contributed by atoms with Gasteiger partial charge in [0.1, 0.15) is 11.5 Å². The molecule has 1 N–H and O–H groups in total. The zero-order chi connectivity index (χ0) is 16.8. The molecule has 2 rings (SSSR count). The summed E-state index contributed by atoms with van der Waals surface area (Å²) in [6, 6.07) is 10.4. The van der Waals surface area contributed by atoms with E-state index in [9.17, 15) is 4.79 Å². The van der Waals surface area contributed by atoms with Crippen molar-refractivity contribution in [1.82, 2.24) is 5.43 Å². The summed E-state index contributed by atoms with van der Waals surface area (Å²) in [6.45, 7) is 1.87. The van der Waals surface area contributed by atoms with Crippen LogP contribution in [0.4, 0.5) is 0 Å². The Morgan fingerprint density at radius 1 is 1.17 bits per heavy atom. The number of carbonyl (C=O) groups excluding carboxylic acids is 1. The maximum absolute atomic E-state index is 12.0. The van der Waals surface area contributed by atoms with Crippen LogP contribution in [0, 0.1) is 6.92 Å². The first-order valence-electron chi connectivity index (χ1n) is 6.86. The van der Waals surface area contributed by atoms with Gasteiger partial charge in [-0.05, 0) is 42.8 Å². The summed E-state index contributed by atoms with van der Waals surface area (Å²) in [5.41, 5.74) is 4.50. The number of hydrogen-bond acceptors (Lipinski definition) is 4. The zero-order valence-corrected chi connectivity index (χ0v) is 13.8. The van der Waals surface area contributed by atoms with Crippen molar-refractivity contribution >= 4 is 23.7 Å². The topological polar surface area (TPSA) is 59.9 Å². The van der Waals surface area contributed by atoms with Gasteiger partial charge in [0.15, 0.2) is 0 Å². The summed E-state index contributed by atoms with van der Waals surface area (Å²) in [5, 5.41) is 4.49. The van der Waals surface area contributed by atoms with Gasteiger partial charge in [0.05, 0.1) is 20.4 Å². The van der Waals surface area contributed by atoms with Crippen molar-refractivity contribution in [3.8, 4) is 11.5 Å². The molecule has 23 heavy (non-hydrogen) atoms. The molecule has 120 valence electrons. The predicted octanol–water partition coefficient (Wildman–Crippen LogP) is 3.43. The molecule has 6 heteroatoms. The summed E-state index contributed by atoms with van der Waals surface area (Å²) in [6.07, 6.45) is 1.50. The number of benzene rings is 2. The van der Waals surface area contributed by atoms with Crippen LogP contribution in [0.1, 0.15) is 21.5 Å². The van der Waals surface area contributed by atoms with Crippen LogP contribution in [0.15, 0.2) is 41.5 Å². The quantitative estimate of drug-likeness (QED) is 0.674. The van der Waals surface area contributed by atoms with Crippen LogP contribution >= 0.6 is 11.6 Å². The highest BCUT2D eigenvalue weighted by Gasteiger charge is 2.07. The number of ether oxygens (including phenoxy) is 2. The number of hydrazone groups is 1. The van der Waals surface area contributed by atoms with Crippen LogP contribution in [0.5, 0.6) is 11.5 Å². The molecule has 0 fully saturated rings. The average molecular weight is 333 g/mol. The molecule has 0 atom stereocenters. The van der Waals surface area contributed by atoms with Gasteiger partial charge >= 0.3 is 0 Å². The van der Waals surface area contributed by atoms with Crippen molar-refractivity contribution in [3.63, 3.8) is 0 Å². The highest BCUT2D eigenvalue weighted by Crippen LogP contribution is 2.22. The smallest absolute Gasteiger partial charge is 0.271 e. The molecule has 0 aliphatic heterocycles. The molecule has 5 nitrogen and oxygen atoms in total. The monoisotopic (exact) mass is 332 g/mol. The van der Waals surface area contributed by atoms with Gasteiger partial charge in [0.25, 0.3) is 5.91 Å². The lowest BCUT2D eigenvalue weighted by Gasteiger charge is -2.07. The van der Waals surface area contributed by atoms with E-state index in [4.69, 9.17) is 21.1 Å². The second-order valence-electron chi connectivity index (χ2n) is 4.77. The minimum atomic E-state index is -0.343. The Bertz CT molecular complexity index is 745. The fourth-order valence-corrected chi connectivity index (χ4v) is 2.08. The highest BCUT2D eigenvalue weighted by molar-refractivity contribution is 6.31. The Hall–Kier alpha value is -2.53. The largest absolute Gasteiger partial charge is 0.497 e. The average Bonchev–Trinajstić information content (AvgIpc) is 2.57. The molecule has 0 bridgehead atoms. The van der Waals surface area contributed by atoms with Crippen molar-refractivity contribution in [1.29, 1.82) is 0 Å². The molecule has 0 saturated carbocycles. The lowest BCUT2D eigenvalue weighted by molar-refractivity contribution is 0.0955. The Labute approximate surface area is 139 Å². The summed E-state index contributed by atoms with van der Waals surface area (Å²) in [5.74, 6) is 0.955. The first-order chi connectivity index (χ1) is 11.0. The normalized spacial score (nSPS) is 10.6. The molecule has 0 unspecified atom stereocenters. The Kier molecular flexibility index (Phi) is 5.60. The zero-order valence-electron chi connectivity index (χ0n) is 13.1. The number of aryl methyl sites for hydroxylation is 1. The van der Waals surface area contributed by atoms with Crippen molar-refractivity contribution in [2.45, 2.75) is 6.92 Å². The van der Waals surface area contributed by atoms with Crippen LogP contribution in [-0.4, -0.2) is 26.3 Å². The molecule has 0 aromatic heterocycles. The van der Waals surface area contributed by atoms with E-state index < -0.39 is 0 Å². The highest BCUT2D eigenvalue weighted by atomic mass is 35.5. The van der Waals surface area contributed by atoms with Crippen LogP contribution in [-0.2, 0) is 0 Å². The third kappa shape index (κ3) is 4.23. The molecular formula is C17H17ClN2O3. The Morgan fingerprint density at radius 2 is 1.96 bits per heavy atom. The molecule has 2 aromatic rings. The summed E-state index contributed by atoms with van der Waals surface area (Å²) >= 11 is 6.01. The number of hydrogen-bond donors (Lipinski definition) is 1. The minimum absolute atomic E-state index is 0.343. The van der Waals surface area contributed by atoms with Gasteiger partial charge in [0, 0.05) is 16.1 Å². The minimum Gasteiger partial charge on any atom is -0.497 e. The Morgan fingerprint density at radius 3 is 2.61 bits per heavy atom. The van der Waals surface area contributed by atoms with Crippen molar-refractivity contribution in [2.24, 2.45) is 5.10 Å². The molecule has 1 amide bonds. The van der Waals surface area contributed by atoms with Crippen LogP contribution < -0.4 is 14.9 Å². The third-order valence-electron chi connectivity index (χ3n) is 3.24. The number of halogens is 1. The molecule has 0 aliphatic carbocycles. The standard InChI is InChI=1S/C17H17ClN2O3/c1-11-4-5-12(9-15(11)18)17(21)20-19-10-13-8-14(22-2)6-7-16(13)23-3/h4-10H,1-3H3,(H,20,21)/b19-10-.